The first-order chi connectivity index (χ1) is 8.09. The van der Waals surface area contributed by atoms with E-state index in [0.29, 0.717) is 4.47 Å². The van der Waals surface area contributed by atoms with Gasteiger partial charge >= 0.3 is 0 Å². The van der Waals surface area contributed by atoms with Crippen LogP contribution in [0.25, 0.3) is 0 Å². The van der Waals surface area contributed by atoms with E-state index in [0.717, 1.165) is 6.26 Å². The predicted molar refractivity (Wildman–Crippen MR) is 72.4 cm³/mol. The zero-order chi connectivity index (χ0) is 14.0. The van der Waals surface area contributed by atoms with Gasteiger partial charge in [-0.3, -0.25) is 0 Å². The minimum absolute atomic E-state index is 0.0249. The van der Waals surface area contributed by atoms with Crippen LogP contribution >= 0.6 is 26.6 Å². The van der Waals surface area contributed by atoms with Crippen LogP contribution in [0.3, 0.4) is 0 Å². The fourth-order valence-corrected chi connectivity index (χ4v) is 2.99. The van der Waals surface area contributed by atoms with Gasteiger partial charge in [0.2, 0.25) is 0 Å². The van der Waals surface area contributed by atoms with Crippen molar-refractivity contribution in [2.45, 2.75) is 4.90 Å². The smallest absolute Gasteiger partial charge is 0.265 e. The molecule has 0 bridgehead atoms. The molecule has 0 heterocycles. The maximum Gasteiger partial charge on any atom is 0.265 e. The molecule has 0 aliphatic heterocycles. The Labute approximate surface area is 119 Å². The maximum atomic E-state index is 11.3. The Hall–Kier alpha value is -0.310. The molecule has 0 fully saturated rings. The Morgan fingerprint density at radius 1 is 1.28 bits per heavy atom. The lowest BCUT2D eigenvalue weighted by Crippen LogP contribution is -2.13. The second kappa shape index (κ2) is 5.77. The minimum Gasteiger partial charge on any atom is -0.491 e. The van der Waals surface area contributed by atoms with Crippen molar-refractivity contribution in [2.75, 3.05) is 18.6 Å². The lowest BCUT2D eigenvalue weighted by atomic mass is 10.3. The molecule has 0 amide bonds. The summed E-state index contributed by atoms with van der Waals surface area (Å²) in [7, 11) is -1.86. The molecule has 5 nitrogen and oxygen atoms in total. The van der Waals surface area contributed by atoms with E-state index in [1.807, 2.05) is 0 Å². The third-order valence-corrected chi connectivity index (χ3v) is 4.62. The number of sulfone groups is 1. The molecule has 0 aliphatic rings. The molecule has 0 atom stereocenters. The van der Waals surface area contributed by atoms with E-state index >= 15 is 0 Å². The minimum atomic E-state index is -3.95. The van der Waals surface area contributed by atoms with Gasteiger partial charge in [0, 0.05) is 21.4 Å². The number of ether oxygens (including phenoxy) is 1. The molecule has 0 saturated carbocycles. The van der Waals surface area contributed by atoms with E-state index < -0.39 is 18.9 Å². The Morgan fingerprint density at radius 3 is 2.39 bits per heavy atom. The SMILES string of the molecule is CS(=O)(=O)CCOc1ccc(Br)cc1S(=O)(=O)Cl. The number of benzene rings is 1. The van der Waals surface area contributed by atoms with Gasteiger partial charge < -0.3 is 4.74 Å². The first-order valence-electron chi connectivity index (χ1n) is 4.64. The number of rotatable bonds is 5. The van der Waals surface area contributed by atoms with Crippen molar-refractivity contribution in [1.29, 1.82) is 0 Å². The molecule has 1 aromatic carbocycles. The van der Waals surface area contributed by atoms with E-state index in [1.165, 1.54) is 12.1 Å². The molecule has 102 valence electrons. The van der Waals surface area contributed by atoms with Crippen LogP contribution in [-0.2, 0) is 18.9 Å². The molecule has 0 spiro atoms. The quantitative estimate of drug-likeness (QED) is 0.731. The van der Waals surface area contributed by atoms with Gasteiger partial charge in [0.1, 0.15) is 17.3 Å². The highest BCUT2D eigenvalue weighted by atomic mass is 79.9. The van der Waals surface area contributed by atoms with Crippen molar-refractivity contribution >= 4 is 45.5 Å². The highest BCUT2D eigenvalue weighted by Gasteiger charge is 2.17. The lowest BCUT2D eigenvalue weighted by Gasteiger charge is -2.09. The zero-order valence-electron chi connectivity index (χ0n) is 9.26. The van der Waals surface area contributed by atoms with Crippen molar-refractivity contribution in [2.24, 2.45) is 0 Å². The fourth-order valence-electron chi connectivity index (χ4n) is 1.09. The maximum absolute atomic E-state index is 11.3. The zero-order valence-corrected chi connectivity index (χ0v) is 13.2. The van der Waals surface area contributed by atoms with Crippen molar-refractivity contribution < 1.29 is 21.6 Å². The van der Waals surface area contributed by atoms with Crippen LogP contribution in [0.2, 0.25) is 0 Å². The van der Waals surface area contributed by atoms with Crippen LogP contribution in [0.5, 0.6) is 5.75 Å². The average Bonchev–Trinajstić information content (AvgIpc) is 2.17. The van der Waals surface area contributed by atoms with Gasteiger partial charge in [0.25, 0.3) is 9.05 Å². The van der Waals surface area contributed by atoms with Crippen LogP contribution < -0.4 is 4.74 Å². The molecule has 1 aromatic rings. The average molecular weight is 378 g/mol. The number of halogens is 2. The highest BCUT2D eigenvalue weighted by Crippen LogP contribution is 2.29. The summed E-state index contributed by atoms with van der Waals surface area (Å²) in [5.41, 5.74) is 0. The monoisotopic (exact) mass is 376 g/mol. The summed E-state index contributed by atoms with van der Waals surface area (Å²) in [6.07, 6.45) is 1.07. The van der Waals surface area contributed by atoms with Crippen LogP contribution in [-0.4, -0.2) is 35.5 Å². The first kappa shape index (κ1) is 15.7. The summed E-state index contributed by atoms with van der Waals surface area (Å²) in [6.45, 7) is -0.139. The Kier molecular flexibility index (Phi) is 5.05. The second-order valence-corrected chi connectivity index (χ2v) is 9.22. The molecule has 0 N–H and O–H groups in total. The van der Waals surface area contributed by atoms with Crippen molar-refractivity contribution in [3.63, 3.8) is 0 Å². The Bertz CT molecular complexity index is 639. The lowest BCUT2D eigenvalue weighted by molar-refractivity contribution is 0.332. The van der Waals surface area contributed by atoms with Gasteiger partial charge in [-0.25, -0.2) is 16.8 Å². The molecule has 0 aliphatic carbocycles. The Balaban J connectivity index is 2.96. The van der Waals surface area contributed by atoms with E-state index in [9.17, 15) is 16.8 Å². The van der Waals surface area contributed by atoms with Crippen molar-refractivity contribution in [3.8, 4) is 5.75 Å². The van der Waals surface area contributed by atoms with Gasteiger partial charge in [0.05, 0.1) is 5.75 Å². The van der Waals surface area contributed by atoms with E-state index in [1.54, 1.807) is 6.07 Å². The summed E-state index contributed by atoms with van der Waals surface area (Å²) in [5, 5.41) is 0. The molecule has 1 rings (SSSR count). The van der Waals surface area contributed by atoms with E-state index in [-0.39, 0.29) is 23.0 Å². The van der Waals surface area contributed by atoms with Crippen LogP contribution in [0.15, 0.2) is 27.6 Å². The summed E-state index contributed by atoms with van der Waals surface area (Å²) in [5.74, 6) is -0.179. The van der Waals surface area contributed by atoms with Gasteiger partial charge in [-0.05, 0) is 18.2 Å². The van der Waals surface area contributed by atoms with E-state index in [4.69, 9.17) is 15.4 Å². The molecular formula is C9H10BrClO5S2. The molecule has 18 heavy (non-hydrogen) atoms. The van der Waals surface area contributed by atoms with Crippen molar-refractivity contribution in [1.82, 2.24) is 0 Å². The largest absolute Gasteiger partial charge is 0.491 e. The molecule has 0 saturated heterocycles. The summed E-state index contributed by atoms with van der Waals surface area (Å²) >= 11 is 3.11. The Morgan fingerprint density at radius 2 is 1.89 bits per heavy atom. The molecular weight excluding hydrogens is 368 g/mol. The van der Waals surface area contributed by atoms with Crippen LogP contribution in [0.4, 0.5) is 0 Å². The number of hydrogen-bond donors (Lipinski definition) is 0. The highest BCUT2D eigenvalue weighted by molar-refractivity contribution is 9.10. The summed E-state index contributed by atoms with van der Waals surface area (Å²) < 4.78 is 50.1. The van der Waals surface area contributed by atoms with Gasteiger partial charge in [-0.15, -0.1) is 0 Å². The topological polar surface area (TPSA) is 77.5 Å². The van der Waals surface area contributed by atoms with Crippen LogP contribution in [0.1, 0.15) is 0 Å². The second-order valence-electron chi connectivity index (χ2n) is 3.51. The normalized spacial score (nSPS) is 12.4. The fraction of sp³-hybridized carbons (Fsp3) is 0.333. The van der Waals surface area contributed by atoms with E-state index in [2.05, 4.69) is 15.9 Å². The molecule has 0 radical (unpaired) electrons. The predicted octanol–water partition coefficient (Wildman–Crippen LogP) is 1.80. The molecule has 9 heteroatoms. The summed E-state index contributed by atoms with van der Waals surface area (Å²) in [4.78, 5) is -0.202. The third kappa shape index (κ3) is 5.13. The van der Waals surface area contributed by atoms with Gasteiger partial charge in [-0.1, -0.05) is 15.9 Å². The molecule has 0 unspecified atom stereocenters. The summed E-state index contributed by atoms with van der Waals surface area (Å²) in [6, 6.07) is 4.26. The van der Waals surface area contributed by atoms with Crippen molar-refractivity contribution in [3.05, 3.63) is 22.7 Å². The number of hydrogen-bond acceptors (Lipinski definition) is 5. The van der Waals surface area contributed by atoms with Gasteiger partial charge in [-0.2, -0.15) is 0 Å². The van der Waals surface area contributed by atoms with Crippen LogP contribution in [0, 0.1) is 0 Å². The van der Waals surface area contributed by atoms with Gasteiger partial charge in [0.15, 0.2) is 9.84 Å². The molecule has 0 aromatic heterocycles. The standard InChI is InChI=1S/C9H10BrClO5S2/c1-17(12,13)5-4-16-8-3-2-7(10)6-9(8)18(11,14)15/h2-3,6H,4-5H2,1H3. The first-order valence-corrected chi connectivity index (χ1v) is 9.80. The third-order valence-electron chi connectivity index (χ3n) is 1.88.